The lowest BCUT2D eigenvalue weighted by Gasteiger charge is -2.36. The van der Waals surface area contributed by atoms with E-state index >= 15 is 0 Å². The molecule has 0 spiro atoms. The number of methoxy groups -OCH3 is 1. The van der Waals surface area contributed by atoms with Gasteiger partial charge in [0.25, 0.3) is 0 Å². The summed E-state index contributed by atoms with van der Waals surface area (Å²) in [6.45, 7) is 16.1. The van der Waals surface area contributed by atoms with Crippen molar-refractivity contribution in [3.05, 3.63) is 12.7 Å². The van der Waals surface area contributed by atoms with E-state index in [1.807, 2.05) is 0 Å². The number of ether oxygens (including phenoxy) is 2. The highest BCUT2D eigenvalue weighted by Crippen LogP contribution is 2.36. The molecule has 0 aliphatic rings. The molecular weight excluding hydrogens is 308 g/mol. The fourth-order valence-electron chi connectivity index (χ4n) is 2.04. The molecule has 0 heterocycles. The Bertz CT molecular complexity index is 313. The van der Waals surface area contributed by atoms with Crippen molar-refractivity contribution in [3.63, 3.8) is 0 Å². The van der Waals surface area contributed by atoms with Crippen LogP contribution in [-0.4, -0.2) is 46.1 Å². The van der Waals surface area contributed by atoms with Crippen LogP contribution in [0, 0.1) is 0 Å². The quantitative estimate of drug-likeness (QED) is 0.231. The van der Waals surface area contributed by atoms with Gasteiger partial charge >= 0.3 is 0 Å². The fraction of sp³-hybridized carbons (Fsp3) is 0.889. The summed E-state index contributed by atoms with van der Waals surface area (Å²) in [7, 11) is -0.0269. The van der Waals surface area contributed by atoms with Crippen LogP contribution in [-0.2, 0) is 13.9 Å². The molecule has 0 radical (unpaired) electrons. The molecule has 1 N–H and O–H groups in total. The normalized spacial score (nSPS) is 15.4. The second-order valence-corrected chi connectivity index (χ2v) is 12.5. The highest BCUT2D eigenvalue weighted by atomic mass is 28.4. The average molecular weight is 347 g/mol. The molecule has 2 atom stereocenters. The first kappa shape index (κ1) is 22.8. The molecule has 0 bridgehead atoms. The number of rotatable bonds is 13. The molecule has 4 nitrogen and oxygen atoms in total. The minimum absolute atomic E-state index is 0.0257. The Balaban J connectivity index is 4.09. The molecule has 0 aromatic rings. The largest absolute Gasteiger partial charge is 0.417 e. The van der Waals surface area contributed by atoms with Gasteiger partial charge in [0, 0.05) is 13.7 Å². The van der Waals surface area contributed by atoms with Gasteiger partial charge in [-0.05, 0) is 50.2 Å². The minimum atomic E-state index is -1.64. The van der Waals surface area contributed by atoms with Crippen molar-refractivity contribution in [1.82, 2.24) is 0 Å². The van der Waals surface area contributed by atoms with Gasteiger partial charge in [0.15, 0.2) is 8.32 Å². The van der Waals surface area contributed by atoms with E-state index in [4.69, 9.17) is 13.9 Å². The second kappa shape index (κ2) is 11.4. The molecule has 0 rings (SSSR count). The fourth-order valence-corrected chi connectivity index (χ4v) is 3.13. The highest BCUT2D eigenvalue weighted by Gasteiger charge is 2.36. The van der Waals surface area contributed by atoms with Crippen LogP contribution in [0.4, 0.5) is 0 Å². The molecule has 0 fully saturated rings. The van der Waals surface area contributed by atoms with Crippen LogP contribution in [0.3, 0.4) is 0 Å². The number of hydrogen-bond donors (Lipinski definition) is 1. The van der Waals surface area contributed by atoms with Gasteiger partial charge in [-0.2, -0.15) is 0 Å². The Morgan fingerprint density at radius 2 is 1.87 bits per heavy atom. The Labute approximate surface area is 144 Å². The minimum Gasteiger partial charge on any atom is -0.417 e. The van der Waals surface area contributed by atoms with E-state index in [-0.39, 0.29) is 17.9 Å². The third-order valence-electron chi connectivity index (χ3n) is 4.58. The maximum absolute atomic E-state index is 9.91. The van der Waals surface area contributed by atoms with Crippen LogP contribution in [0.15, 0.2) is 12.7 Å². The van der Waals surface area contributed by atoms with Crippen molar-refractivity contribution in [2.24, 2.45) is 0 Å². The van der Waals surface area contributed by atoms with Crippen molar-refractivity contribution in [2.45, 2.75) is 83.2 Å². The maximum atomic E-state index is 9.91. The lowest BCUT2D eigenvalue weighted by Crippen LogP contribution is -2.40. The van der Waals surface area contributed by atoms with Crippen LogP contribution in [0.2, 0.25) is 18.1 Å². The van der Waals surface area contributed by atoms with Gasteiger partial charge in [-0.3, -0.25) is 0 Å². The Kier molecular flexibility index (Phi) is 11.3. The molecule has 138 valence electrons. The monoisotopic (exact) mass is 346 g/mol. The van der Waals surface area contributed by atoms with E-state index in [1.54, 1.807) is 13.2 Å². The van der Waals surface area contributed by atoms with Crippen molar-refractivity contribution >= 4 is 8.32 Å². The van der Waals surface area contributed by atoms with E-state index in [9.17, 15) is 5.11 Å². The molecule has 23 heavy (non-hydrogen) atoms. The van der Waals surface area contributed by atoms with Gasteiger partial charge in [0.2, 0.25) is 0 Å². The van der Waals surface area contributed by atoms with Crippen molar-refractivity contribution in [1.29, 1.82) is 0 Å². The van der Waals surface area contributed by atoms with E-state index < -0.39 is 14.4 Å². The molecule has 0 unspecified atom stereocenters. The van der Waals surface area contributed by atoms with Gasteiger partial charge in [0.1, 0.15) is 6.79 Å². The number of aliphatic hydroxyl groups is 1. The molecule has 0 saturated heterocycles. The number of unbranched alkanes of at least 4 members (excludes halogenated alkanes) is 1. The number of aliphatic hydroxyl groups excluding tert-OH is 1. The third kappa shape index (κ3) is 10.3. The topological polar surface area (TPSA) is 47.9 Å². The van der Waals surface area contributed by atoms with Crippen LogP contribution in [0.1, 0.15) is 52.9 Å². The molecule has 5 heteroatoms. The van der Waals surface area contributed by atoms with Gasteiger partial charge < -0.3 is 19.0 Å². The van der Waals surface area contributed by atoms with E-state index in [1.165, 1.54) is 0 Å². The molecule has 0 aliphatic heterocycles. The van der Waals surface area contributed by atoms with Crippen LogP contribution >= 0.6 is 0 Å². The molecule has 0 saturated carbocycles. The van der Waals surface area contributed by atoms with Crippen molar-refractivity contribution < 1.29 is 19.0 Å². The Hall–Kier alpha value is -0.203. The van der Waals surface area contributed by atoms with Crippen LogP contribution in [0.5, 0.6) is 0 Å². The van der Waals surface area contributed by atoms with Crippen LogP contribution < -0.4 is 0 Å². The SMILES string of the molecule is C=CC[C@@H](O)C[C@@H](CCCCO[Si](C)(C)C(C)(C)C)OCOC. The Morgan fingerprint density at radius 1 is 1.22 bits per heavy atom. The number of hydrogen-bond acceptors (Lipinski definition) is 4. The molecule has 0 aromatic carbocycles. The van der Waals surface area contributed by atoms with Gasteiger partial charge in [0.05, 0.1) is 12.2 Å². The zero-order chi connectivity index (χ0) is 17.9. The lowest BCUT2D eigenvalue weighted by atomic mass is 10.0. The Morgan fingerprint density at radius 3 is 2.39 bits per heavy atom. The third-order valence-corrected chi connectivity index (χ3v) is 9.12. The molecule has 0 aromatic heterocycles. The molecule has 0 amide bonds. The predicted octanol–water partition coefficient (Wildman–Crippen LogP) is 4.49. The first-order chi connectivity index (χ1) is 10.6. The zero-order valence-corrected chi connectivity index (χ0v) is 17.1. The van der Waals surface area contributed by atoms with Gasteiger partial charge in [-0.15, -0.1) is 6.58 Å². The van der Waals surface area contributed by atoms with E-state index in [0.29, 0.717) is 12.8 Å². The summed E-state index contributed by atoms with van der Waals surface area (Å²) in [4.78, 5) is 0. The summed E-state index contributed by atoms with van der Waals surface area (Å²) in [5.41, 5.74) is 0. The van der Waals surface area contributed by atoms with E-state index in [0.717, 1.165) is 25.9 Å². The summed E-state index contributed by atoms with van der Waals surface area (Å²) in [5, 5.41) is 10.2. The molecule has 0 aliphatic carbocycles. The summed E-state index contributed by atoms with van der Waals surface area (Å²) in [6.07, 6.45) is 5.57. The smallest absolute Gasteiger partial charge is 0.191 e. The zero-order valence-electron chi connectivity index (χ0n) is 16.1. The highest BCUT2D eigenvalue weighted by molar-refractivity contribution is 6.74. The summed E-state index contributed by atoms with van der Waals surface area (Å²) >= 11 is 0. The second-order valence-electron chi connectivity index (χ2n) is 7.71. The van der Waals surface area contributed by atoms with Crippen LogP contribution in [0.25, 0.3) is 0 Å². The first-order valence-electron chi connectivity index (χ1n) is 8.67. The molecular formula is C18H38O4Si. The van der Waals surface area contributed by atoms with Gasteiger partial charge in [-0.1, -0.05) is 26.8 Å². The first-order valence-corrected chi connectivity index (χ1v) is 11.6. The summed E-state index contributed by atoms with van der Waals surface area (Å²) < 4.78 is 16.8. The average Bonchev–Trinajstić information content (AvgIpc) is 2.42. The van der Waals surface area contributed by atoms with Crippen molar-refractivity contribution in [2.75, 3.05) is 20.5 Å². The van der Waals surface area contributed by atoms with E-state index in [2.05, 4.69) is 40.4 Å². The maximum Gasteiger partial charge on any atom is 0.191 e. The summed E-state index contributed by atoms with van der Waals surface area (Å²) in [6, 6.07) is 0. The van der Waals surface area contributed by atoms with Gasteiger partial charge in [-0.25, -0.2) is 0 Å². The summed E-state index contributed by atoms with van der Waals surface area (Å²) in [5.74, 6) is 0. The standard InChI is InChI=1S/C18H38O4Si/c1-8-11-16(19)14-17(21-15-20-5)12-9-10-13-22-23(6,7)18(2,3)4/h8,16-17,19H,1,9-15H2,2-7H3/t16-,17-/m1/s1. The van der Waals surface area contributed by atoms with Crippen molar-refractivity contribution in [3.8, 4) is 0 Å². The lowest BCUT2D eigenvalue weighted by molar-refractivity contribution is -0.0870. The predicted molar refractivity (Wildman–Crippen MR) is 99.2 cm³/mol.